The van der Waals surface area contributed by atoms with Crippen molar-refractivity contribution in [2.24, 2.45) is 0 Å². The van der Waals surface area contributed by atoms with Crippen molar-refractivity contribution in [1.29, 1.82) is 0 Å². The van der Waals surface area contributed by atoms with E-state index in [0.717, 1.165) is 22.9 Å². The zero-order valence-corrected chi connectivity index (χ0v) is 15.7. The van der Waals surface area contributed by atoms with Crippen LogP contribution >= 0.6 is 0 Å². The smallest absolute Gasteiger partial charge is 0.335 e. The average molecular weight is 375 g/mol. The van der Waals surface area contributed by atoms with Crippen molar-refractivity contribution in [3.05, 3.63) is 64.2 Å². The van der Waals surface area contributed by atoms with Crippen LogP contribution in [0.15, 0.2) is 41.3 Å². The van der Waals surface area contributed by atoms with E-state index in [-0.39, 0.29) is 16.4 Å². The lowest BCUT2D eigenvalue weighted by Gasteiger charge is -2.12. The number of hydrogen-bond acceptors (Lipinski definition) is 4. The first kappa shape index (κ1) is 19.7. The molecule has 6 nitrogen and oxygen atoms in total. The maximum Gasteiger partial charge on any atom is 0.335 e. The number of benzene rings is 2. The Balaban J connectivity index is 2.12. The van der Waals surface area contributed by atoms with E-state index >= 15 is 0 Å². The van der Waals surface area contributed by atoms with E-state index in [1.807, 2.05) is 0 Å². The molecule has 0 heterocycles. The van der Waals surface area contributed by atoms with Gasteiger partial charge in [-0.1, -0.05) is 12.1 Å². The number of amides is 1. The van der Waals surface area contributed by atoms with Crippen molar-refractivity contribution < 1.29 is 23.1 Å². The largest absolute Gasteiger partial charge is 0.478 e. The third-order valence-electron chi connectivity index (χ3n) is 4.19. The highest BCUT2D eigenvalue weighted by molar-refractivity contribution is 7.90. The van der Waals surface area contributed by atoms with Gasteiger partial charge in [-0.25, -0.2) is 13.2 Å². The lowest BCUT2D eigenvalue weighted by Crippen LogP contribution is -2.27. The zero-order chi connectivity index (χ0) is 19.5. The van der Waals surface area contributed by atoms with Gasteiger partial charge in [0.25, 0.3) is 5.91 Å². The van der Waals surface area contributed by atoms with Gasteiger partial charge in [0.2, 0.25) is 0 Å². The fourth-order valence-corrected chi connectivity index (χ4v) is 3.27. The molecule has 0 atom stereocenters. The van der Waals surface area contributed by atoms with Crippen molar-refractivity contribution in [3.63, 3.8) is 0 Å². The lowest BCUT2D eigenvalue weighted by molar-refractivity contribution is 0.0696. The predicted octanol–water partition coefficient (Wildman–Crippen LogP) is 2.38. The van der Waals surface area contributed by atoms with Crippen LogP contribution in [-0.4, -0.2) is 38.2 Å². The molecule has 26 heavy (non-hydrogen) atoms. The van der Waals surface area contributed by atoms with E-state index in [1.165, 1.54) is 12.1 Å². The van der Waals surface area contributed by atoms with E-state index < -0.39 is 15.8 Å². The van der Waals surface area contributed by atoms with Crippen LogP contribution in [0, 0.1) is 13.8 Å². The summed E-state index contributed by atoms with van der Waals surface area (Å²) in [6.07, 6.45) is 1.57. The molecule has 0 unspecified atom stereocenters. The summed E-state index contributed by atoms with van der Waals surface area (Å²) in [4.78, 5) is 23.6. The molecule has 2 N–H and O–H groups in total. The number of rotatable bonds is 6. The number of carboxylic acids is 1. The second-order valence-electron chi connectivity index (χ2n) is 6.20. The summed E-state index contributed by atoms with van der Waals surface area (Å²) in [7, 11) is -3.41. The van der Waals surface area contributed by atoms with Crippen molar-refractivity contribution >= 4 is 21.7 Å². The highest BCUT2D eigenvalue weighted by Gasteiger charge is 2.16. The molecule has 2 aromatic carbocycles. The SMILES string of the molecule is Cc1cc(S(C)(=O)=O)cc(C(=O)NCCc2cccc(C(=O)O)c2)c1C. The molecule has 7 heteroatoms. The summed E-state index contributed by atoms with van der Waals surface area (Å²) in [6, 6.07) is 9.46. The van der Waals surface area contributed by atoms with Crippen LogP contribution in [0.2, 0.25) is 0 Å². The molecule has 1 amide bonds. The standard InChI is InChI=1S/C19H21NO5S/c1-12-9-16(26(3,24)25)11-17(13(12)2)18(21)20-8-7-14-5-4-6-15(10-14)19(22)23/h4-6,9-11H,7-8H2,1-3H3,(H,20,21)(H,22,23). The Morgan fingerprint density at radius 2 is 1.81 bits per heavy atom. The first-order valence-corrected chi connectivity index (χ1v) is 9.90. The molecular formula is C19H21NO5S. The molecule has 0 fully saturated rings. The Morgan fingerprint density at radius 1 is 1.12 bits per heavy atom. The van der Waals surface area contributed by atoms with Crippen LogP contribution in [0.5, 0.6) is 0 Å². The Hall–Kier alpha value is -2.67. The maximum absolute atomic E-state index is 12.5. The van der Waals surface area contributed by atoms with Crippen LogP contribution in [0.1, 0.15) is 37.4 Å². The van der Waals surface area contributed by atoms with Gasteiger partial charge in [-0.05, 0) is 61.2 Å². The van der Waals surface area contributed by atoms with E-state index in [4.69, 9.17) is 5.11 Å². The third-order valence-corrected chi connectivity index (χ3v) is 5.28. The monoisotopic (exact) mass is 375 g/mol. The van der Waals surface area contributed by atoms with Crippen LogP contribution in [0.4, 0.5) is 0 Å². The Morgan fingerprint density at radius 3 is 2.42 bits per heavy atom. The van der Waals surface area contributed by atoms with Gasteiger partial charge in [0, 0.05) is 18.4 Å². The number of carboxylic acid groups (broad SMARTS) is 1. The topological polar surface area (TPSA) is 101 Å². The second-order valence-corrected chi connectivity index (χ2v) is 8.21. The molecule has 0 saturated heterocycles. The first-order chi connectivity index (χ1) is 12.1. The number of aryl methyl sites for hydroxylation is 1. The lowest BCUT2D eigenvalue weighted by atomic mass is 10.0. The molecule has 2 aromatic rings. The number of sulfone groups is 1. The number of hydrogen-bond donors (Lipinski definition) is 2. The molecule has 0 aromatic heterocycles. The molecule has 2 rings (SSSR count). The van der Waals surface area contributed by atoms with Gasteiger partial charge in [-0.3, -0.25) is 4.79 Å². The fraction of sp³-hybridized carbons (Fsp3) is 0.263. The molecule has 0 radical (unpaired) electrons. The minimum Gasteiger partial charge on any atom is -0.478 e. The summed E-state index contributed by atoms with van der Waals surface area (Å²) in [5.41, 5.74) is 2.77. The van der Waals surface area contributed by atoms with Crippen LogP contribution in [0.25, 0.3) is 0 Å². The summed E-state index contributed by atoms with van der Waals surface area (Å²) >= 11 is 0. The van der Waals surface area contributed by atoms with Crippen LogP contribution in [-0.2, 0) is 16.3 Å². The highest BCUT2D eigenvalue weighted by atomic mass is 32.2. The summed E-state index contributed by atoms with van der Waals surface area (Å²) in [5.74, 6) is -1.36. The number of nitrogens with one attached hydrogen (secondary N) is 1. The molecule has 0 saturated carbocycles. The predicted molar refractivity (Wildman–Crippen MR) is 98.5 cm³/mol. The average Bonchev–Trinajstić information content (AvgIpc) is 2.56. The minimum atomic E-state index is -3.41. The third kappa shape index (κ3) is 4.70. The van der Waals surface area contributed by atoms with E-state index in [2.05, 4.69) is 5.32 Å². The van der Waals surface area contributed by atoms with Gasteiger partial charge < -0.3 is 10.4 Å². The Labute approximate surface area is 152 Å². The number of aromatic carboxylic acids is 1. The van der Waals surface area contributed by atoms with Gasteiger partial charge in [0.05, 0.1) is 10.5 Å². The first-order valence-electron chi connectivity index (χ1n) is 8.01. The van der Waals surface area contributed by atoms with Crippen molar-refractivity contribution in [2.75, 3.05) is 12.8 Å². The van der Waals surface area contributed by atoms with E-state index in [0.29, 0.717) is 18.5 Å². The molecule has 0 aliphatic carbocycles. The summed E-state index contributed by atoms with van der Waals surface area (Å²) in [6.45, 7) is 3.84. The highest BCUT2D eigenvalue weighted by Crippen LogP contribution is 2.20. The van der Waals surface area contributed by atoms with Crippen molar-refractivity contribution in [2.45, 2.75) is 25.2 Å². The van der Waals surface area contributed by atoms with Crippen LogP contribution < -0.4 is 5.32 Å². The van der Waals surface area contributed by atoms with E-state index in [1.54, 1.807) is 38.1 Å². The fourth-order valence-electron chi connectivity index (χ4n) is 2.55. The van der Waals surface area contributed by atoms with Gasteiger partial charge in [0.15, 0.2) is 9.84 Å². The molecule has 0 aliphatic rings. The Kier molecular flexibility index (Phi) is 5.82. The molecule has 0 bridgehead atoms. The van der Waals surface area contributed by atoms with Crippen molar-refractivity contribution in [1.82, 2.24) is 5.32 Å². The molecule has 0 spiro atoms. The Bertz CT molecular complexity index is 964. The second kappa shape index (κ2) is 7.70. The number of carbonyl (C=O) groups is 2. The minimum absolute atomic E-state index is 0.111. The summed E-state index contributed by atoms with van der Waals surface area (Å²) < 4.78 is 23.6. The van der Waals surface area contributed by atoms with Gasteiger partial charge >= 0.3 is 5.97 Å². The molecular weight excluding hydrogens is 354 g/mol. The van der Waals surface area contributed by atoms with Crippen LogP contribution in [0.3, 0.4) is 0 Å². The maximum atomic E-state index is 12.5. The van der Waals surface area contributed by atoms with Crippen molar-refractivity contribution in [3.8, 4) is 0 Å². The normalized spacial score (nSPS) is 11.2. The van der Waals surface area contributed by atoms with Gasteiger partial charge in [-0.2, -0.15) is 0 Å². The zero-order valence-electron chi connectivity index (χ0n) is 14.9. The molecule has 0 aliphatic heterocycles. The number of carbonyl (C=O) groups excluding carboxylic acids is 1. The molecule has 138 valence electrons. The van der Waals surface area contributed by atoms with Gasteiger partial charge in [0.1, 0.15) is 0 Å². The summed E-state index contributed by atoms with van der Waals surface area (Å²) in [5, 5.41) is 11.8. The van der Waals surface area contributed by atoms with Gasteiger partial charge in [-0.15, -0.1) is 0 Å². The van der Waals surface area contributed by atoms with E-state index in [9.17, 15) is 18.0 Å². The quantitative estimate of drug-likeness (QED) is 0.807.